The molecule has 1 N–H and O–H groups in total. The van der Waals surface area contributed by atoms with E-state index in [1.54, 1.807) is 0 Å². The summed E-state index contributed by atoms with van der Waals surface area (Å²) in [5.74, 6) is 0.0904. The summed E-state index contributed by atoms with van der Waals surface area (Å²) in [7, 11) is 0. The lowest BCUT2D eigenvalue weighted by Crippen LogP contribution is -2.50. The van der Waals surface area contributed by atoms with Crippen molar-refractivity contribution in [2.75, 3.05) is 32.8 Å². The molecule has 0 aliphatic carbocycles. The van der Waals surface area contributed by atoms with Gasteiger partial charge in [0.05, 0.1) is 11.5 Å². The summed E-state index contributed by atoms with van der Waals surface area (Å²) in [4.78, 5) is 16.6. The number of carbonyl (C=O) groups is 1. The molecule has 0 unspecified atom stereocenters. The number of piperazine rings is 1. The Morgan fingerprint density at radius 3 is 2.53 bits per heavy atom. The molecular formula is C12H18ClN3O2S. The summed E-state index contributed by atoms with van der Waals surface area (Å²) in [6.45, 7) is 4.99. The average Bonchev–Trinajstić information content (AvgIpc) is 2.92. The molecule has 0 spiro atoms. The van der Waals surface area contributed by atoms with Gasteiger partial charge in [-0.05, 0) is 18.4 Å². The molecular weight excluding hydrogens is 286 g/mol. The fourth-order valence-electron chi connectivity index (χ4n) is 1.90. The van der Waals surface area contributed by atoms with E-state index in [0.29, 0.717) is 32.8 Å². The van der Waals surface area contributed by atoms with Gasteiger partial charge in [0, 0.05) is 26.2 Å². The molecule has 1 fully saturated rings. The number of hydrogen-bond donors (Lipinski definition) is 1. The van der Waals surface area contributed by atoms with E-state index in [0.717, 1.165) is 4.88 Å². The Morgan fingerprint density at radius 2 is 2.00 bits per heavy atom. The SMILES string of the molecule is CCOC(=N)N1CCN(C(=O)c2cccs2)CC1.Cl. The Balaban J connectivity index is 0.00000180. The van der Waals surface area contributed by atoms with Gasteiger partial charge >= 0.3 is 0 Å². The van der Waals surface area contributed by atoms with Gasteiger partial charge in [0.2, 0.25) is 0 Å². The summed E-state index contributed by atoms with van der Waals surface area (Å²) in [6.07, 6.45) is 0. The standard InChI is InChI=1S/C12H17N3O2S.ClH/c1-2-17-12(13)15-7-5-14(6-8-15)11(16)10-4-3-9-18-10;/h3-4,9,13H,2,5-8H2,1H3;1H. The van der Waals surface area contributed by atoms with Gasteiger partial charge in [-0.25, -0.2) is 0 Å². The number of nitrogens with one attached hydrogen (secondary N) is 1. The largest absolute Gasteiger partial charge is 0.466 e. The van der Waals surface area contributed by atoms with Gasteiger partial charge in [0.25, 0.3) is 11.9 Å². The number of halogens is 1. The fourth-order valence-corrected chi connectivity index (χ4v) is 2.59. The maximum atomic E-state index is 12.1. The highest BCUT2D eigenvalue weighted by molar-refractivity contribution is 7.12. The molecule has 106 valence electrons. The number of nitrogens with zero attached hydrogens (tertiary/aromatic N) is 2. The minimum absolute atomic E-state index is 0. The Hall–Kier alpha value is -1.27. The predicted molar refractivity (Wildman–Crippen MR) is 78.4 cm³/mol. The monoisotopic (exact) mass is 303 g/mol. The maximum Gasteiger partial charge on any atom is 0.284 e. The fraction of sp³-hybridized carbons (Fsp3) is 0.500. The van der Waals surface area contributed by atoms with Gasteiger partial charge in [0.1, 0.15) is 0 Å². The van der Waals surface area contributed by atoms with E-state index >= 15 is 0 Å². The molecule has 1 aliphatic rings. The quantitative estimate of drug-likeness (QED) is 0.670. The zero-order valence-electron chi connectivity index (χ0n) is 10.8. The van der Waals surface area contributed by atoms with Crippen molar-refractivity contribution in [1.29, 1.82) is 5.41 Å². The lowest BCUT2D eigenvalue weighted by molar-refractivity contribution is 0.0675. The van der Waals surface area contributed by atoms with Crippen LogP contribution in [0.3, 0.4) is 0 Å². The molecule has 1 aliphatic heterocycles. The first kappa shape index (κ1) is 15.8. The van der Waals surface area contributed by atoms with E-state index in [1.165, 1.54) is 11.3 Å². The highest BCUT2D eigenvalue weighted by Crippen LogP contribution is 2.13. The average molecular weight is 304 g/mol. The lowest BCUT2D eigenvalue weighted by atomic mass is 10.3. The van der Waals surface area contributed by atoms with Gasteiger partial charge in [0.15, 0.2) is 0 Å². The minimum atomic E-state index is 0. The van der Waals surface area contributed by atoms with Gasteiger partial charge in [-0.15, -0.1) is 23.7 Å². The lowest BCUT2D eigenvalue weighted by Gasteiger charge is -2.35. The molecule has 0 atom stereocenters. The molecule has 1 aromatic heterocycles. The predicted octanol–water partition coefficient (Wildman–Crippen LogP) is 1.90. The van der Waals surface area contributed by atoms with Crippen molar-refractivity contribution >= 4 is 35.7 Å². The summed E-state index contributed by atoms with van der Waals surface area (Å²) in [5, 5.41) is 9.61. The number of amides is 1. The smallest absolute Gasteiger partial charge is 0.284 e. The van der Waals surface area contributed by atoms with Gasteiger partial charge in [-0.3, -0.25) is 10.2 Å². The molecule has 1 aromatic rings. The van der Waals surface area contributed by atoms with Crippen molar-refractivity contribution in [3.05, 3.63) is 22.4 Å². The molecule has 0 bridgehead atoms. The highest BCUT2D eigenvalue weighted by atomic mass is 35.5. The van der Waals surface area contributed by atoms with Gasteiger partial charge in [-0.2, -0.15) is 0 Å². The summed E-state index contributed by atoms with van der Waals surface area (Å²) in [5.41, 5.74) is 0. The Morgan fingerprint density at radius 1 is 1.37 bits per heavy atom. The summed E-state index contributed by atoms with van der Waals surface area (Å²) < 4.78 is 5.16. The Kier molecular flexibility index (Phi) is 6.11. The number of thiophene rings is 1. The van der Waals surface area contributed by atoms with Crippen molar-refractivity contribution in [1.82, 2.24) is 9.80 Å². The molecule has 1 saturated heterocycles. The normalized spacial score (nSPS) is 14.8. The van der Waals surface area contributed by atoms with E-state index in [2.05, 4.69) is 0 Å². The van der Waals surface area contributed by atoms with Crippen LogP contribution in [-0.4, -0.2) is 54.5 Å². The van der Waals surface area contributed by atoms with Gasteiger partial charge in [-0.1, -0.05) is 6.07 Å². The third kappa shape index (κ3) is 3.84. The van der Waals surface area contributed by atoms with E-state index in [1.807, 2.05) is 34.2 Å². The van der Waals surface area contributed by atoms with Crippen molar-refractivity contribution < 1.29 is 9.53 Å². The highest BCUT2D eigenvalue weighted by Gasteiger charge is 2.24. The van der Waals surface area contributed by atoms with Crippen LogP contribution >= 0.6 is 23.7 Å². The topological polar surface area (TPSA) is 56.6 Å². The molecule has 0 radical (unpaired) electrons. The van der Waals surface area contributed by atoms with Crippen LogP contribution in [0.25, 0.3) is 0 Å². The van der Waals surface area contributed by atoms with Crippen molar-refractivity contribution in [2.24, 2.45) is 0 Å². The molecule has 1 amide bonds. The Labute approximate surface area is 123 Å². The first-order valence-corrected chi connectivity index (χ1v) is 6.89. The number of amidine groups is 1. The van der Waals surface area contributed by atoms with E-state index in [9.17, 15) is 4.79 Å². The minimum Gasteiger partial charge on any atom is -0.466 e. The van der Waals surface area contributed by atoms with Crippen LogP contribution in [0.2, 0.25) is 0 Å². The van der Waals surface area contributed by atoms with Crippen LogP contribution < -0.4 is 0 Å². The zero-order chi connectivity index (χ0) is 13.0. The first-order chi connectivity index (χ1) is 8.72. The van der Waals surface area contributed by atoms with E-state index in [4.69, 9.17) is 10.1 Å². The molecule has 0 saturated carbocycles. The second-order valence-electron chi connectivity index (χ2n) is 3.99. The summed E-state index contributed by atoms with van der Waals surface area (Å²) in [6, 6.07) is 3.95. The third-order valence-corrected chi connectivity index (χ3v) is 3.72. The molecule has 19 heavy (non-hydrogen) atoms. The maximum absolute atomic E-state index is 12.1. The van der Waals surface area contributed by atoms with Crippen LogP contribution in [0.1, 0.15) is 16.6 Å². The van der Waals surface area contributed by atoms with E-state index in [-0.39, 0.29) is 24.3 Å². The molecule has 2 heterocycles. The van der Waals surface area contributed by atoms with Crippen molar-refractivity contribution in [2.45, 2.75) is 6.92 Å². The number of rotatable bonds is 2. The number of hydrogen-bond acceptors (Lipinski definition) is 4. The van der Waals surface area contributed by atoms with Crippen molar-refractivity contribution in [3.63, 3.8) is 0 Å². The summed E-state index contributed by atoms with van der Waals surface area (Å²) >= 11 is 1.47. The van der Waals surface area contributed by atoms with Crippen LogP contribution in [0.4, 0.5) is 0 Å². The second-order valence-corrected chi connectivity index (χ2v) is 4.94. The third-order valence-electron chi connectivity index (χ3n) is 2.87. The number of ether oxygens (including phenoxy) is 1. The van der Waals surface area contributed by atoms with Gasteiger partial charge < -0.3 is 14.5 Å². The number of carbonyl (C=O) groups excluding carboxylic acids is 1. The molecule has 2 rings (SSSR count). The molecule has 0 aromatic carbocycles. The van der Waals surface area contributed by atoms with Crippen LogP contribution in [0.15, 0.2) is 17.5 Å². The second kappa shape index (κ2) is 7.35. The molecule has 7 heteroatoms. The Bertz CT molecular complexity index is 417. The van der Waals surface area contributed by atoms with Crippen LogP contribution in [0.5, 0.6) is 0 Å². The van der Waals surface area contributed by atoms with Crippen molar-refractivity contribution in [3.8, 4) is 0 Å². The zero-order valence-corrected chi connectivity index (χ0v) is 12.4. The van der Waals surface area contributed by atoms with Crippen LogP contribution in [0, 0.1) is 5.41 Å². The molecule has 5 nitrogen and oxygen atoms in total. The van der Waals surface area contributed by atoms with E-state index < -0.39 is 0 Å². The van der Waals surface area contributed by atoms with Crippen LogP contribution in [-0.2, 0) is 4.74 Å². The first-order valence-electron chi connectivity index (χ1n) is 6.01.